The Kier molecular flexibility index (Phi) is 8.52. The van der Waals surface area contributed by atoms with Crippen molar-refractivity contribution in [3.63, 3.8) is 0 Å². The van der Waals surface area contributed by atoms with Crippen molar-refractivity contribution >= 4 is 11.9 Å². The minimum absolute atomic E-state index is 0.0352. The largest absolute Gasteiger partial charge is 0.478 e. The number of amides is 1. The number of carbonyl (C=O) groups is 2. The smallest absolute Gasteiger partial charge is 0.335 e. The highest BCUT2D eigenvalue weighted by Gasteiger charge is 2.28. The minimum atomic E-state index is -0.916. The number of hydrogen-bond acceptors (Lipinski definition) is 3. The van der Waals surface area contributed by atoms with E-state index in [4.69, 9.17) is 0 Å². The Morgan fingerprint density at radius 2 is 2.07 bits per heavy atom. The fraction of sp³-hybridized carbons (Fsp3) is 0.545. The van der Waals surface area contributed by atoms with Crippen molar-refractivity contribution < 1.29 is 19.8 Å². The van der Waals surface area contributed by atoms with Gasteiger partial charge in [-0.1, -0.05) is 56.5 Å². The molecule has 0 aromatic heterocycles. The molecule has 1 heterocycles. The Balaban J connectivity index is 1.87. The molecule has 1 aliphatic rings. The number of nitrogens with zero attached hydrogens (tertiary/aromatic N) is 1. The van der Waals surface area contributed by atoms with E-state index < -0.39 is 12.1 Å². The second kappa shape index (κ2) is 10.9. The van der Waals surface area contributed by atoms with Gasteiger partial charge in [-0.3, -0.25) is 4.79 Å². The molecule has 1 aliphatic heterocycles. The Morgan fingerprint density at radius 1 is 1.30 bits per heavy atom. The van der Waals surface area contributed by atoms with Crippen molar-refractivity contribution in [3.05, 3.63) is 47.5 Å². The number of unbranched alkanes of at least 4 members (excludes halogenated alkanes) is 2. The minimum Gasteiger partial charge on any atom is -0.478 e. The van der Waals surface area contributed by atoms with Crippen LogP contribution in [0.5, 0.6) is 0 Å². The van der Waals surface area contributed by atoms with E-state index in [1.54, 1.807) is 12.1 Å². The third kappa shape index (κ3) is 6.51. The zero-order valence-corrected chi connectivity index (χ0v) is 16.1. The molecule has 0 spiro atoms. The number of aromatic carboxylic acids is 1. The average Bonchev–Trinajstić information content (AvgIpc) is 3.00. The molecule has 0 radical (unpaired) electrons. The number of aliphatic hydroxyl groups is 1. The molecule has 1 unspecified atom stereocenters. The lowest BCUT2D eigenvalue weighted by atomic mass is 10.0. The molecule has 1 fully saturated rings. The number of carbonyl (C=O) groups excluding carboxylic acids is 1. The maximum Gasteiger partial charge on any atom is 0.335 e. The number of benzene rings is 1. The third-order valence-electron chi connectivity index (χ3n) is 5.13. The molecule has 1 aromatic rings. The fourth-order valence-corrected chi connectivity index (χ4v) is 3.59. The highest BCUT2D eigenvalue weighted by Crippen LogP contribution is 2.21. The van der Waals surface area contributed by atoms with E-state index in [1.165, 1.54) is 0 Å². The summed E-state index contributed by atoms with van der Waals surface area (Å²) in [5.74, 6) is -0.780. The zero-order valence-electron chi connectivity index (χ0n) is 16.1. The van der Waals surface area contributed by atoms with E-state index in [0.29, 0.717) is 24.9 Å². The second-order valence-corrected chi connectivity index (χ2v) is 7.21. The van der Waals surface area contributed by atoms with Gasteiger partial charge in [0.15, 0.2) is 0 Å². The van der Waals surface area contributed by atoms with Gasteiger partial charge in [-0.2, -0.15) is 0 Å². The molecule has 2 N–H and O–H groups in total. The Hall–Kier alpha value is -2.14. The zero-order chi connectivity index (χ0) is 19.6. The van der Waals surface area contributed by atoms with Crippen molar-refractivity contribution in [3.8, 4) is 0 Å². The summed E-state index contributed by atoms with van der Waals surface area (Å²) in [4.78, 5) is 25.3. The van der Waals surface area contributed by atoms with Gasteiger partial charge in [0.25, 0.3) is 0 Å². The average molecular weight is 373 g/mol. The van der Waals surface area contributed by atoms with Crippen LogP contribution in [0.2, 0.25) is 0 Å². The van der Waals surface area contributed by atoms with Gasteiger partial charge in [0.05, 0.1) is 17.7 Å². The Bertz CT molecular complexity index is 655. The first-order valence-corrected chi connectivity index (χ1v) is 10.00. The number of hydrogen-bond donors (Lipinski definition) is 2. The predicted octanol–water partition coefficient (Wildman–Crippen LogP) is 3.81. The number of likely N-dealkylation sites (tertiary alicyclic amines) is 1. The van der Waals surface area contributed by atoms with Gasteiger partial charge in [0, 0.05) is 13.0 Å². The highest BCUT2D eigenvalue weighted by molar-refractivity contribution is 5.89. The van der Waals surface area contributed by atoms with Crippen LogP contribution < -0.4 is 0 Å². The van der Waals surface area contributed by atoms with Gasteiger partial charge < -0.3 is 15.1 Å². The number of rotatable bonds is 11. The molecule has 5 heteroatoms. The van der Waals surface area contributed by atoms with E-state index in [2.05, 4.69) is 6.92 Å². The van der Waals surface area contributed by atoms with Gasteiger partial charge >= 0.3 is 5.97 Å². The van der Waals surface area contributed by atoms with Gasteiger partial charge in [-0.25, -0.2) is 4.79 Å². The van der Waals surface area contributed by atoms with Crippen LogP contribution in [-0.4, -0.2) is 45.7 Å². The quantitative estimate of drug-likeness (QED) is 0.457. The summed E-state index contributed by atoms with van der Waals surface area (Å²) in [6.07, 6.45) is 10.0. The molecule has 5 nitrogen and oxygen atoms in total. The first-order valence-electron chi connectivity index (χ1n) is 10.00. The van der Waals surface area contributed by atoms with Crippen LogP contribution in [0.1, 0.15) is 67.8 Å². The maximum atomic E-state index is 12.2. The molecule has 0 aliphatic carbocycles. The summed E-state index contributed by atoms with van der Waals surface area (Å²) in [6, 6.07) is 7.05. The van der Waals surface area contributed by atoms with Gasteiger partial charge in [-0.15, -0.1) is 0 Å². The van der Waals surface area contributed by atoms with Crippen LogP contribution in [0, 0.1) is 0 Å². The first-order chi connectivity index (χ1) is 13.0. The molecule has 2 atom stereocenters. The highest BCUT2D eigenvalue weighted by atomic mass is 16.4. The molecule has 2 rings (SSSR count). The third-order valence-corrected chi connectivity index (χ3v) is 5.13. The Morgan fingerprint density at radius 3 is 2.81 bits per heavy atom. The number of aliphatic hydroxyl groups excluding tert-OH is 1. The normalized spacial score (nSPS) is 18.4. The van der Waals surface area contributed by atoms with Crippen LogP contribution in [-0.2, 0) is 11.2 Å². The van der Waals surface area contributed by atoms with Crippen molar-refractivity contribution in [1.29, 1.82) is 0 Å². The summed E-state index contributed by atoms with van der Waals surface area (Å²) < 4.78 is 0. The number of aryl methyl sites for hydroxylation is 1. The summed E-state index contributed by atoms with van der Waals surface area (Å²) >= 11 is 0. The molecular weight excluding hydrogens is 342 g/mol. The lowest BCUT2D eigenvalue weighted by Crippen LogP contribution is -2.33. The monoisotopic (exact) mass is 373 g/mol. The molecule has 27 heavy (non-hydrogen) atoms. The van der Waals surface area contributed by atoms with E-state index in [1.807, 2.05) is 29.2 Å². The van der Waals surface area contributed by atoms with E-state index in [9.17, 15) is 19.8 Å². The van der Waals surface area contributed by atoms with Gasteiger partial charge in [0.2, 0.25) is 5.91 Å². The topological polar surface area (TPSA) is 77.8 Å². The van der Waals surface area contributed by atoms with Crippen molar-refractivity contribution in [1.82, 2.24) is 4.90 Å². The van der Waals surface area contributed by atoms with Gasteiger partial charge in [-0.05, 0) is 37.3 Å². The summed E-state index contributed by atoms with van der Waals surface area (Å²) in [5, 5.41) is 19.3. The molecule has 0 bridgehead atoms. The maximum absolute atomic E-state index is 12.2. The lowest BCUT2D eigenvalue weighted by Gasteiger charge is -2.23. The van der Waals surface area contributed by atoms with Crippen LogP contribution in [0.3, 0.4) is 0 Å². The predicted molar refractivity (Wildman–Crippen MR) is 106 cm³/mol. The van der Waals surface area contributed by atoms with E-state index in [0.717, 1.165) is 44.1 Å². The van der Waals surface area contributed by atoms with Crippen LogP contribution in [0.15, 0.2) is 36.4 Å². The molecule has 0 saturated carbocycles. The number of carboxylic acid groups (broad SMARTS) is 1. The van der Waals surface area contributed by atoms with Crippen LogP contribution >= 0.6 is 0 Å². The summed E-state index contributed by atoms with van der Waals surface area (Å²) in [7, 11) is 0. The fourth-order valence-electron chi connectivity index (χ4n) is 3.59. The second-order valence-electron chi connectivity index (χ2n) is 7.21. The van der Waals surface area contributed by atoms with E-state index in [-0.39, 0.29) is 11.9 Å². The van der Waals surface area contributed by atoms with Crippen LogP contribution in [0.25, 0.3) is 0 Å². The first kappa shape index (κ1) is 21.2. The standard InChI is InChI=1S/C22H31NO4/c1-2-3-4-10-19(24)14-12-18-13-15-21(25)23(18)16-7-9-17-8-5-6-11-20(17)22(26)27/h5-6,8,11-12,14,18-19,24H,2-4,7,9-10,13,15-16H2,1H3,(H,26,27)/t18-,19?/m0/s1. The lowest BCUT2D eigenvalue weighted by molar-refractivity contribution is -0.128. The molecule has 1 aromatic carbocycles. The van der Waals surface area contributed by atoms with Crippen molar-refractivity contribution in [2.75, 3.05) is 6.54 Å². The van der Waals surface area contributed by atoms with Crippen molar-refractivity contribution in [2.45, 2.75) is 70.4 Å². The molecule has 1 saturated heterocycles. The Labute approximate surface area is 161 Å². The molecular formula is C22H31NO4. The SMILES string of the molecule is CCCCCC(O)C=C[C@H]1CCC(=O)N1CCCc1ccccc1C(=O)O. The molecule has 148 valence electrons. The van der Waals surface area contributed by atoms with Crippen LogP contribution in [0.4, 0.5) is 0 Å². The summed E-state index contributed by atoms with van der Waals surface area (Å²) in [6.45, 7) is 2.74. The molecule has 1 amide bonds. The van der Waals surface area contributed by atoms with E-state index >= 15 is 0 Å². The van der Waals surface area contributed by atoms with Crippen molar-refractivity contribution in [2.24, 2.45) is 0 Å². The number of carboxylic acids is 1. The van der Waals surface area contributed by atoms with Gasteiger partial charge in [0.1, 0.15) is 0 Å². The summed E-state index contributed by atoms with van der Waals surface area (Å²) in [5.41, 5.74) is 1.13.